The Labute approximate surface area is 139 Å². The Hall–Kier alpha value is -2.10. The van der Waals surface area contributed by atoms with Crippen LogP contribution in [0.1, 0.15) is 28.9 Å². The summed E-state index contributed by atoms with van der Waals surface area (Å²) >= 11 is 0. The molecule has 1 aliphatic heterocycles. The van der Waals surface area contributed by atoms with Crippen molar-refractivity contribution in [2.45, 2.75) is 38.4 Å². The number of rotatable bonds is 2. The van der Waals surface area contributed by atoms with Gasteiger partial charge in [0.05, 0.1) is 17.7 Å². The predicted molar refractivity (Wildman–Crippen MR) is 75.2 cm³/mol. The summed E-state index contributed by atoms with van der Waals surface area (Å²) in [5.74, 6) is 0.639. The molecule has 25 heavy (non-hydrogen) atoms. The van der Waals surface area contributed by atoms with Gasteiger partial charge in [0.25, 0.3) is 0 Å². The molecule has 3 rings (SSSR count). The lowest BCUT2D eigenvalue weighted by Crippen LogP contribution is -2.24. The predicted octanol–water partition coefficient (Wildman–Crippen LogP) is 3.72. The first-order valence-electron chi connectivity index (χ1n) is 7.50. The van der Waals surface area contributed by atoms with Gasteiger partial charge in [-0.2, -0.15) is 31.4 Å². The minimum atomic E-state index is -4.84. The second-order valence-electron chi connectivity index (χ2n) is 5.88. The summed E-state index contributed by atoms with van der Waals surface area (Å²) in [5.41, 5.74) is -2.62. The number of benzene rings is 1. The van der Waals surface area contributed by atoms with Gasteiger partial charge in [0.15, 0.2) is 0 Å². The number of halogens is 6. The second-order valence-corrected chi connectivity index (χ2v) is 5.88. The van der Waals surface area contributed by atoms with Gasteiger partial charge < -0.3 is 0 Å². The van der Waals surface area contributed by atoms with Crippen molar-refractivity contribution >= 4 is 0 Å². The maximum atomic E-state index is 12.9. The van der Waals surface area contributed by atoms with Crippen LogP contribution < -0.4 is 0 Å². The van der Waals surface area contributed by atoms with Gasteiger partial charge in [0.2, 0.25) is 0 Å². The number of aromatic nitrogens is 3. The lowest BCUT2D eigenvalue weighted by molar-refractivity contribution is -0.143. The van der Waals surface area contributed by atoms with E-state index in [0.29, 0.717) is 31.9 Å². The molecule has 2 heterocycles. The van der Waals surface area contributed by atoms with E-state index in [4.69, 9.17) is 0 Å². The van der Waals surface area contributed by atoms with Crippen molar-refractivity contribution in [2.24, 2.45) is 0 Å². The van der Waals surface area contributed by atoms with Crippen LogP contribution in [0.15, 0.2) is 24.5 Å². The van der Waals surface area contributed by atoms with Crippen LogP contribution in [0.3, 0.4) is 0 Å². The third-order valence-electron chi connectivity index (χ3n) is 3.96. The molecule has 1 aliphatic rings. The van der Waals surface area contributed by atoms with Crippen LogP contribution in [0, 0.1) is 0 Å². The van der Waals surface area contributed by atoms with E-state index in [1.54, 1.807) is 9.58 Å². The van der Waals surface area contributed by atoms with E-state index in [-0.39, 0.29) is 18.2 Å². The molecule has 10 heteroatoms. The number of nitrogens with zero attached hydrogens (tertiary/aromatic N) is 4. The highest BCUT2D eigenvalue weighted by molar-refractivity contribution is 5.33. The van der Waals surface area contributed by atoms with Gasteiger partial charge in [-0.25, -0.2) is 9.67 Å². The number of hydrogen-bond donors (Lipinski definition) is 0. The average molecular weight is 364 g/mol. The molecule has 4 nitrogen and oxygen atoms in total. The van der Waals surface area contributed by atoms with Crippen LogP contribution >= 0.6 is 0 Å². The molecule has 0 amide bonds. The first kappa shape index (κ1) is 17.7. The fraction of sp³-hybridized carbons (Fsp3) is 0.467. The largest absolute Gasteiger partial charge is 0.416 e. The van der Waals surface area contributed by atoms with Gasteiger partial charge in [-0.15, -0.1) is 0 Å². The number of aryl methyl sites for hydroxylation is 1. The SMILES string of the molecule is FC(F)(F)c1cc(CN2CCCn3ncnc3C2)cc(C(F)(F)F)c1. The monoisotopic (exact) mass is 364 g/mol. The van der Waals surface area contributed by atoms with E-state index < -0.39 is 23.5 Å². The Bertz CT molecular complexity index is 717. The van der Waals surface area contributed by atoms with Gasteiger partial charge in [-0.3, -0.25) is 4.90 Å². The van der Waals surface area contributed by atoms with E-state index in [0.717, 1.165) is 12.1 Å². The quantitative estimate of drug-likeness (QED) is 0.762. The molecule has 0 spiro atoms. The lowest BCUT2D eigenvalue weighted by Gasteiger charge is -2.21. The molecule has 0 saturated heterocycles. The maximum absolute atomic E-state index is 12.9. The zero-order chi connectivity index (χ0) is 18.2. The number of alkyl halides is 6. The second kappa shape index (κ2) is 6.32. The maximum Gasteiger partial charge on any atom is 0.416 e. The molecule has 0 bridgehead atoms. The fourth-order valence-corrected chi connectivity index (χ4v) is 2.82. The smallest absolute Gasteiger partial charge is 0.292 e. The van der Waals surface area contributed by atoms with Gasteiger partial charge >= 0.3 is 12.4 Å². The topological polar surface area (TPSA) is 34.0 Å². The molecule has 0 N–H and O–H groups in total. The van der Waals surface area contributed by atoms with Gasteiger partial charge in [-0.1, -0.05) is 0 Å². The zero-order valence-corrected chi connectivity index (χ0v) is 12.9. The minimum Gasteiger partial charge on any atom is -0.292 e. The molecule has 0 fully saturated rings. The Morgan fingerprint density at radius 3 is 2.16 bits per heavy atom. The highest BCUT2D eigenvalue weighted by Gasteiger charge is 2.37. The van der Waals surface area contributed by atoms with Crippen molar-refractivity contribution in [3.05, 3.63) is 47.0 Å². The fourth-order valence-electron chi connectivity index (χ4n) is 2.82. The van der Waals surface area contributed by atoms with E-state index in [1.165, 1.54) is 6.33 Å². The molecule has 1 aromatic carbocycles. The van der Waals surface area contributed by atoms with E-state index in [2.05, 4.69) is 10.1 Å². The van der Waals surface area contributed by atoms with Crippen molar-refractivity contribution in [3.8, 4) is 0 Å². The van der Waals surface area contributed by atoms with Crippen LogP contribution in [0.4, 0.5) is 26.3 Å². The molecule has 0 aliphatic carbocycles. The molecule has 0 atom stereocenters. The van der Waals surface area contributed by atoms with Crippen LogP contribution in [0.5, 0.6) is 0 Å². The highest BCUT2D eigenvalue weighted by atomic mass is 19.4. The molecule has 0 saturated carbocycles. The number of fused-ring (bicyclic) bond motifs is 1. The van der Waals surface area contributed by atoms with Crippen molar-refractivity contribution in [3.63, 3.8) is 0 Å². The summed E-state index contributed by atoms with van der Waals surface area (Å²) in [6.45, 7) is 1.43. The van der Waals surface area contributed by atoms with Gasteiger partial charge in [0.1, 0.15) is 12.2 Å². The lowest BCUT2D eigenvalue weighted by atomic mass is 10.0. The molecule has 1 aromatic heterocycles. The zero-order valence-electron chi connectivity index (χ0n) is 12.9. The summed E-state index contributed by atoms with van der Waals surface area (Å²) in [5, 5.41) is 4.03. The van der Waals surface area contributed by atoms with Gasteiger partial charge in [0, 0.05) is 19.6 Å². The normalized spacial score (nSPS) is 16.6. The summed E-state index contributed by atoms with van der Waals surface area (Å²) in [6.07, 6.45) is -7.61. The van der Waals surface area contributed by atoms with E-state index in [1.807, 2.05) is 0 Å². The third-order valence-corrected chi connectivity index (χ3v) is 3.96. The third kappa shape index (κ3) is 4.12. The summed E-state index contributed by atoms with van der Waals surface area (Å²) in [7, 11) is 0. The van der Waals surface area contributed by atoms with E-state index >= 15 is 0 Å². The Morgan fingerprint density at radius 1 is 0.920 bits per heavy atom. The molecule has 0 radical (unpaired) electrons. The molecule has 2 aromatic rings. The molecule has 0 unspecified atom stereocenters. The van der Waals surface area contributed by atoms with Crippen molar-refractivity contribution < 1.29 is 26.3 Å². The molecular weight excluding hydrogens is 350 g/mol. The van der Waals surface area contributed by atoms with E-state index in [9.17, 15) is 26.3 Å². The summed E-state index contributed by atoms with van der Waals surface area (Å²) < 4.78 is 79.3. The molecule has 136 valence electrons. The Balaban J connectivity index is 1.89. The van der Waals surface area contributed by atoms with Crippen molar-refractivity contribution in [2.75, 3.05) is 6.54 Å². The molecular formula is C15H14F6N4. The van der Waals surface area contributed by atoms with Crippen LogP contribution in [0.2, 0.25) is 0 Å². The van der Waals surface area contributed by atoms with Crippen molar-refractivity contribution in [1.82, 2.24) is 19.7 Å². The number of hydrogen-bond acceptors (Lipinski definition) is 3. The Morgan fingerprint density at radius 2 is 1.56 bits per heavy atom. The van der Waals surface area contributed by atoms with Crippen molar-refractivity contribution in [1.29, 1.82) is 0 Å². The average Bonchev–Trinajstić information content (AvgIpc) is 2.84. The highest BCUT2D eigenvalue weighted by Crippen LogP contribution is 2.36. The van der Waals surface area contributed by atoms with Gasteiger partial charge in [-0.05, 0) is 30.2 Å². The minimum absolute atomic E-state index is 0.0279. The van der Waals surface area contributed by atoms with Crippen LogP contribution in [0.25, 0.3) is 0 Å². The first-order chi connectivity index (χ1) is 11.6. The van der Waals surface area contributed by atoms with Crippen LogP contribution in [-0.2, 0) is 32.0 Å². The standard InChI is InChI=1S/C15H14F6N4/c16-14(17,18)11-4-10(5-12(6-11)15(19,20)21)7-24-2-1-3-25-13(8-24)22-9-23-25/h4-6,9H,1-3,7-8H2. The van der Waals surface area contributed by atoms with Crippen LogP contribution in [-0.4, -0.2) is 26.2 Å². The first-order valence-corrected chi connectivity index (χ1v) is 7.50. The summed E-state index contributed by atoms with van der Waals surface area (Å²) in [4.78, 5) is 5.84. The summed E-state index contributed by atoms with van der Waals surface area (Å²) in [6, 6.07) is 1.68. The Kier molecular flexibility index (Phi) is 4.48.